The molecule has 0 aliphatic carbocycles. The summed E-state index contributed by atoms with van der Waals surface area (Å²) in [5.74, 6) is 2.47. The van der Waals surface area contributed by atoms with E-state index in [9.17, 15) is 0 Å². The number of pyridine rings is 1. The first-order valence-corrected chi connectivity index (χ1v) is 6.28. The second kappa shape index (κ2) is 5.65. The van der Waals surface area contributed by atoms with Crippen LogP contribution in [0.4, 0.5) is 11.6 Å². The molecule has 0 unspecified atom stereocenters. The number of nitrogens with zero attached hydrogens (tertiary/aromatic N) is 3. The van der Waals surface area contributed by atoms with Crippen LogP contribution in [0.15, 0.2) is 18.3 Å². The van der Waals surface area contributed by atoms with Gasteiger partial charge in [0.2, 0.25) is 0 Å². The van der Waals surface area contributed by atoms with Gasteiger partial charge >= 0.3 is 0 Å². The molecule has 0 aliphatic rings. The first kappa shape index (κ1) is 13.3. The van der Waals surface area contributed by atoms with E-state index in [0.717, 1.165) is 34.3 Å². The van der Waals surface area contributed by atoms with Crippen molar-refractivity contribution >= 4 is 11.6 Å². The third-order valence-corrected chi connectivity index (χ3v) is 2.93. The highest BCUT2D eigenvalue weighted by Crippen LogP contribution is 2.19. The van der Waals surface area contributed by atoms with E-state index in [0.29, 0.717) is 6.54 Å². The summed E-state index contributed by atoms with van der Waals surface area (Å²) in [6.07, 6.45) is 1.88. The predicted octanol–water partition coefficient (Wildman–Crippen LogP) is 2.45. The quantitative estimate of drug-likeness (QED) is 0.881. The molecular weight excluding hydrogens is 238 g/mol. The highest BCUT2D eigenvalue weighted by Gasteiger charge is 2.07. The van der Waals surface area contributed by atoms with Crippen molar-refractivity contribution in [1.29, 1.82) is 0 Å². The van der Waals surface area contributed by atoms with Gasteiger partial charge in [0.1, 0.15) is 17.5 Å². The van der Waals surface area contributed by atoms with Crippen LogP contribution in [-0.2, 0) is 6.54 Å². The van der Waals surface area contributed by atoms with E-state index in [1.807, 2.05) is 40.1 Å². The SMILES string of the molecule is CNc1nc(C)nc(NCc2ccc(C)nc2)c1C. The van der Waals surface area contributed by atoms with Crippen LogP contribution in [0.25, 0.3) is 0 Å². The van der Waals surface area contributed by atoms with Gasteiger partial charge < -0.3 is 10.6 Å². The molecule has 0 spiro atoms. The Labute approximate surface area is 113 Å². The van der Waals surface area contributed by atoms with Crippen molar-refractivity contribution in [1.82, 2.24) is 15.0 Å². The fourth-order valence-electron chi connectivity index (χ4n) is 1.83. The number of aryl methyl sites for hydroxylation is 2. The minimum absolute atomic E-state index is 0.702. The molecule has 0 aliphatic heterocycles. The summed E-state index contributed by atoms with van der Waals surface area (Å²) in [5.41, 5.74) is 3.18. The third kappa shape index (κ3) is 3.19. The number of hydrogen-bond donors (Lipinski definition) is 2. The van der Waals surface area contributed by atoms with E-state index in [-0.39, 0.29) is 0 Å². The molecule has 0 amide bonds. The summed E-state index contributed by atoms with van der Waals surface area (Å²) < 4.78 is 0. The van der Waals surface area contributed by atoms with Crippen LogP contribution in [0, 0.1) is 20.8 Å². The summed E-state index contributed by atoms with van der Waals surface area (Å²) in [6.45, 7) is 6.57. The van der Waals surface area contributed by atoms with E-state index in [4.69, 9.17) is 0 Å². The molecule has 2 rings (SSSR count). The number of anilines is 2. The maximum atomic E-state index is 4.43. The number of aromatic nitrogens is 3. The molecule has 100 valence electrons. The Morgan fingerprint density at radius 2 is 1.79 bits per heavy atom. The highest BCUT2D eigenvalue weighted by molar-refractivity contribution is 5.57. The summed E-state index contributed by atoms with van der Waals surface area (Å²) in [7, 11) is 1.86. The van der Waals surface area contributed by atoms with Crippen LogP contribution in [0.3, 0.4) is 0 Å². The van der Waals surface area contributed by atoms with Gasteiger partial charge in [0.15, 0.2) is 0 Å². The molecule has 0 atom stereocenters. The lowest BCUT2D eigenvalue weighted by atomic mass is 10.2. The van der Waals surface area contributed by atoms with Gasteiger partial charge in [-0.25, -0.2) is 9.97 Å². The first-order valence-electron chi connectivity index (χ1n) is 6.28. The fraction of sp³-hybridized carbons (Fsp3) is 0.357. The Hall–Kier alpha value is -2.17. The van der Waals surface area contributed by atoms with Gasteiger partial charge in [0.05, 0.1) is 0 Å². The minimum atomic E-state index is 0.702. The van der Waals surface area contributed by atoms with Crippen molar-refractivity contribution in [2.45, 2.75) is 27.3 Å². The molecular formula is C14H19N5. The molecule has 2 heterocycles. The van der Waals surface area contributed by atoms with Crippen LogP contribution >= 0.6 is 0 Å². The first-order chi connectivity index (χ1) is 9.10. The summed E-state index contributed by atoms with van der Waals surface area (Å²) in [5, 5.41) is 6.41. The standard InChI is InChI=1S/C14H19N5/c1-9-5-6-12(7-16-9)8-17-14-10(2)13(15-4)18-11(3)19-14/h5-7H,8H2,1-4H3,(H2,15,17,18,19). The zero-order valence-electron chi connectivity index (χ0n) is 11.8. The van der Waals surface area contributed by atoms with E-state index in [2.05, 4.69) is 31.7 Å². The molecule has 5 nitrogen and oxygen atoms in total. The summed E-state index contributed by atoms with van der Waals surface area (Å²) in [4.78, 5) is 13.1. The van der Waals surface area contributed by atoms with Gasteiger partial charge in [-0.15, -0.1) is 0 Å². The fourth-order valence-corrected chi connectivity index (χ4v) is 1.83. The molecule has 2 N–H and O–H groups in total. The van der Waals surface area contributed by atoms with Gasteiger partial charge in [-0.1, -0.05) is 6.07 Å². The van der Waals surface area contributed by atoms with E-state index < -0.39 is 0 Å². The van der Waals surface area contributed by atoms with Crippen molar-refractivity contribution in [2.24, 2.45) is 0 Å². The van der Waals surface area contributed by atoms with Crippen molar-refractivity contribution < 1.29 is 0 Å². The van der Waals surface area contributed by atoms with Gasteiger partial charge in [-0.05, 0) is 32.4 Å². The predicted molar refractivity (Wildman–Crippen MR) is 77.4 cm³/mol. The molecule has 0 bridgehead atoms. The van der Waals surface area contributed by atoms with Crippen molar-refractivity contribution in [3.8, 4) is 0 Å². The molecule has 2 aromatic rings. The lowest BCUT2D eigenvalue weighted by Gasteiger charge is -2.12. The van der Waals surface area contributed by atoms with Crippen LogP contribution in [-0.4, -0.2) is 22.0 Å². The normalized spacial score (nSPS) is 10.3. The van der Waals surface area contributed by atoms with Gasteiger partial charge in [-0.3, -0.25) is 4.98 Å². The van der Waals surface area contributed by atoms with Crippen LogP contribution in [0.2, 0.25) is 0 Å². The minimum Gasteiger partial charge on any atom is -0.373 e. The molecule has 5 heteroatoms. The monoisotopic (exact) mass is 257 g/mol. The topological polar surface area (TPSA) is 62.7 Å². The Balaban J connectivity index is 2.15. The average Bonchev–Trinajstić information content (AvgIpc) is 2.41. The van der Waals surface area contributed by atoms with Gasteiger partial charge in [0.25, 0.3) is 0 Å². The van der Waals surface area contributed by atoms with Gasteiger partial charge in [0, 0.05) is 31.0 Å². The van der Waals surface area contributed by atoms with Crippen LogP contribution in [0.1, 0.15) is 22.6 Å². The highest BCUT2D eigenvalue weighted by atomic mass is 15.1. The second-order valence-electron chi connectivity index (χ2n) is 4.50. The maximum absolute atomic E-state index is 4.43. The van der Waals surface area contributed by atoms with E-state index in [1.165, 1.54) is 0 Å². The zero-order chi connectivity index (χ0) is 13.8. The number of nitrogens with one attached hydrogen (secondary N) is 2. The molecule has 19 heavy (non-hydrogen) atoms. The molecule has 0 fully saturated rings. The Morgan fingerprint density at radius 3 is 2.42 bits per heavy atom. The van der Waals surface area contributed by atoms with Gasteiger partial charge in [-0.2, -0.15) is 0 Å². The smallest absolute Gasteiger partial charge is 0.135 e. The second-order valence-corrected chi connectivity index (χ2v) is 4.50. The van der Waals surface area contributed by atoms with Crippen LogP contribution < -0.4 is 10.6 Å². The molecule has 0 saturated carbocycles. The third-order valence-electron chi connectivity index (χ3n) is 2.93. The van der Waals surface area contributed by atoms with Crippen molar-refractivity contribution in [3.05, 3.63) is 41.0 Å². The molecule has 0 radical (unpaired) electrons. The number of rotatable bonds is 4. The van der Waals surface area contributed by atoms with Crippen LogP contribution in [0.5, 0.6) is 0 Å². The molecule has 0 aromatic carbocycles. The Morgan fingerprint density at radius 1 is 1.05 bits per heavy atom. The molecule has 0 saturated heterocycles. The Kier molecular flexibility index (Phi) is 3.94. The summed E-state index contributed by atoms with van der Waals surface area (Å²) in [6, 6.07) is 4.08. The largest absolute Gasteiger partial charge is 0.373 e. The van der Waals surface area contributed by atoms with E-state index in [1.54, 1.807) is 0 Å². The summed E-state index contributed by atoms with van der Waals surface area (Å²) >= 11 is 0. The van der Waals surface area contributed by atoms with E-state index >= 15 is 0 Å². The average molecular weight is 257 g/mol. The van der Waals surface area contributed by atoms with Crippen molar-refractivity contribution in [2.75, 3.05) is 17.7 Å². The lowest BCUT2D eigenvalue weighted by Crippen LogP contribution is -2.08. The zero-order valence-corrected chi connectivity index (χ0v) is 11.8. The molecule has 2 aromatic heterocycles. The maximum Gasteiger partial charge on any atom is 0.135 e. The lowest BCUT2D eigenvalue weighted by molar-refractivity contribution is 0.997. The number of hydrogen-bond acceptors (Lipinski definition) is 5. The Bertz CT molecular complexity index is 563. The van der Waals surface area contributed by atoms with Crippen molar-refractivity contribution in [3.63, 3.8) is 0 Å².